The molecule has 1 atom stereocenters. The predicted octanol–water partition coefficient (Wildman–Crippen LogP) is 3.73. The number of hydrogen-bond acceptors (Lipinski definition) is 8. The van der Waals surface area contributed by atoms with Crippen LogP contribution in [0.3, 0.4) is 0 Å². The van der Waals surface area contributed by atoms with Crippen LogP contribution in [0.15, 0.2) is 73.7 Å². The second-order valence-corrected chi connectivity index (χ2v) is 7.95. The van der Waals surface area contributed by atoms with Gasteiger partial charge in [0, 0.05) is 41.6 Å². The molecule has 1 aromatic carbocycles. The van der Waals surface area contributed by atoms with Crippen molar-refractivity contribution in [1.29, 1.82) is 0 Å². The molecule has 34 heavy (non-hydrogen) atoms. The minimum atomic E-state index is -0.279. The van der Waals surface area contributed by atoms with E-state index in [9.17, 15) is 4.79 Å². The number of nitrogens with zero attached hydrogens (tertiary/aromatic N) is 4. The van der Waals surface area contributed by atoms with Gasteiger partial charge in [-0.15, -0.1) is 0 Å². The summed E-state index contributed by atoms with van der Waals surface area (Å²) in [6.07, 6.45) is 7.50. The van der Waals surface area contributed by atoms with Gasteiger partial charge in [0.15, 0.2) is 0 Å². The van der Waals surface area contributed by atoms with Crippen LogP contribution in [0.2, 0.25) is 0 Å². The number of hydrogen-bond donors (Lipinski definition) is 4. The Morgan fingerprint density at radius 3 is 2.82 bits per heavy atom. The maximum Gasteiger partial charge on any atom is 0.247 e. The van der Waals surface area contributed by atoms with Crippen molar-refractivity contribution in [2.24, 2.45) is 0 Å². The van der Waals surface area contributed by atoms with Gasteiger partial charge in [0.1, 0.15) is 5.82 Å². The molecule has 1 amide bonds. The maximum absolute atomic E-state index is 11.7. The summed E-state index contributed by atoms with van der Waals surface area (Å²) in [7, 11) is 0. The number of carbonyl (C=O) groups is 1. The second-order valence-electron chi connectivity index (χ2n) is 7.95. The van der Waals surface area contributed by atoms with Crippen LogP contribution in [-0.2, 0) is 4.79 Å². The van der Waals surface area contributed by atoms with Crippen LogP contribution >= 0.6 is 0 Å². The van der Waals surface area contributed by atoms with Gasteiger partial charge in [-0.3, -0.25) is 9.78 Å². The fraction of sp³-hybridized carbons (Fsp3) is 0.160. The van der Waals surface area contributed by atoms with Crippen molar-refractivity contribution in [3.63, 3.8) is 0 Å². The summed E-state index contributed by atoms with van der Waals surface area (Å²) in [5.41, 5.74) is 3.70. The zero-order chi connectivity index (χ0) is 23.3. The number of aromatic nitrogens is 4. The Bertz CT molecular complexity index is 1330. The number of pyridine rings is 2. The fourth-order valence-corrected chi connectivity index (χ4v) is 3.84. The van der Waals surface area contributed by atoms with Crippen molar-refractivity contribution in [2.45, 2.75) is 12.5 Å². The van der Waals surface area contributed by atoms with Gasteiger partial charge in [-0.05, 0) is 43.3 Å². The minimum Gasteiger partial charge on any atom is -0.366 e. The number of rotatable bonds is 7. The van der Waals surface area contributed by atoms with Gasteiger partial charge in [0.25, 0.3) is 0 Å². The highest BCUT2D eigenvalue weighted by atomic mass is 16.1. The quantitative estimate of drug-likeness (QED) is 0.314. The Morgan fingerprint density at radius 2 is 2.03 bits per heavy atom. The molecule has 4 aromatic rings. The van der Waals surface area contributed by atoms with Crippen molar-refractivity contribution >= 4 is 40.0 Å². The van der Waals surface area contributed by atoms with Crippen LogP contribution in [0.5, 0.6) is 0 Å². The summed E-state index contributed by atoms with van der Waals surface area (Å²) >= 11 is 0. The first-order chi connectivity index (χ1) is 16.7. The van der Waals surface area contributed by atoms with Crippen LogP contribution in [0.1, 0.15) is 6.42 Å². The highest BCUT2D eigenvalue weighted by molar-refractivity contribution is 5.99. The summed E-state index contributed by atoms with van der Waals surface area (Å²) in [6, 6.07) is 13.7. The molecule has 4 heterocycles. The zero-order valence-corrected chi connectivity index (χ0v) is 18.5. The number of carbonyl (C=O) groups excluding carboxylic acids is 1. The first kappa shape index (κ1) is 21.5. The number of anilines is 4. The average Bonchev–Trinajstić information content (AvgIpc) is 3.38. The molecule has 5 rings (SSSR count). The van der Waals surface area contributed by atoms with E-state index in [1.165, 1.54) is 6.08 Å². The lowest BCUT2D eigenvalue weighted by molar-refractivity contribution is -0.111. The number of para-hydroxylation sites is 1. The molecule has 1 saturated heterocycles. The molecule has 0 aliphatic carbocycles. The summed E-state index contributed by atoms with van der Waals surface area (Å²) in [4.78, 5) is 29.8. The Balaban J connectivity index is 1.39. The zero-order valence-electron chi connectivity index (χ0n) is 18.5. The Hall–Kier alpha value is -4.37. The highest BCUT2D eigenvalue weighted by Gasteiger charge is 2.14. The molecule has 0 radical (unpaired) electrons. The first-order valence-electron chi connectivity index (χ1n) is 11.0. The van der Waals surface area contributed by atoms with Gasteiger partial charge in [0.2, 0.25) is 11.9 Å². The van der Waals surface area contributed by atoms with Crippen LogP contribution in [-0.4, -0.2) is 45.0 Å². The molecular formula is C25H24N8O. The van der Waals surface area contributed by atoms with Crippen molar-refractivity contribution in [3.05, 3.63) is 73.7 Å². The van der Waals surface area contributed by atoms with Gasteiger partial charge in [-0.1, -0.05) is 24.8 Å². The molecule has 9 heteroatoms. The summed E-state index contributed by atoms with van der Waals surface area (Å²) in [5.74, 6) is 1.02. The van der Waals surface area contributed by atoms with Gasteiger partial charge in [-0.2, -0.15) is 0 Å². The SMILES string of the molecule is C=CC(=O)Nc1ccnc(-c2cccc3cnc(Nc4ccc(N[C@H]5CCNC5)nc4)nc23)c1. The van der Waals surface area contributed by atoms with E-state index in [1.807, 2.05) is 30.3 Å². The van der Waals surface area contributed by atoms with Crippen molar-refractivity contribution in [3.8, 4) is 11.3 Å². The smallest absolute Gasteiger partial charge is 0.247 e. The standard InChI is InChI=1S/C25H24N8O/c1-2-23(34)31-17-9-11-27-21(12-17)20-5-3-4-16-13-29-25(33-24(16)20)32-18-6-7-22(28-15-18)30-19-8-10-26-14-19/h2-7,9,11-13,15,19,26H,1,8,10,14H2,(H,28,30)(H,27,31,34)(H,29,32,33)/t19-/m0/s1. The van der Waals surface area contributed by atoms with E-state index < -0.39 is 0 Å². The number of nitrogens with one attached hydrogen (secondary N) is 4. The van der Waals surface area contributed by atoms with E-state index in [0.717, 1.165) is 47.5 Å². The maximum atomic E-state index is 11.7. The topological polar surface area (TPSA) is 117 Å². The third-order valence-electron chi connectivity index (χ3n) is 5.53. The lowest BCUT2D eigenvalue weighted by atomic mass is 10.1. The van der Waals surface area contributed by atoms with Crippen LogP contribution in [0.25, 0.3) is 22.2 Å². The largest absolute Gasteiger partial charge is 0.366 e. The van der Waals surface area contributed by atoms with E-state index in [4.69, 9.17) is 4.98 Å². The van der Waals surface area contributed by atoms with E-state index >= 15 is 0 Å². The van der Waals surface area contributed by atoms with Crippen molar-refractivity contribution in [1.82, 2.24) is 25.3 Å². The van der Waals surface area contributed by atoms with E-state index in [1.54, 1.807) is 30.7 Å². The first-order valence-corrected chi connectivity index (χ1v) is 11.0. The fourth-order valence-electron chi connectivity index (χ4n) is 3.84. The lowest BCUT2D eigenvalue weighted by Gasteiger charge is -2.12. The van der Waals surface area contributed by atoms with Gasteiger partial charge in [-0.25, -0.2) is 15.0 Å². The molecule has 170 valence electrons. The van der Waals surface area contributed by atoms with Gasteiger partial charge < -0.3 is 21.3 Å². The molecule has 0 saturated carbocycles. The molecule has 1 aliphatic rings. The van der Waals surface area contributed by atoms with Crippen molar-refractivity contribution in [2.75, 3.05) is 29.0 Å². The summed E-state index contributed by atoms with van der Waals surface area (Å²) in [6.45, 7) is 5.47. The molecule has 0 bridgehead atoms. The third kappa shape index (κ3) is 4.84. The Labute approximate surface area is 196 Å². The molecular weight excluding hydrogens is 428 g/mol. The molecule has 1 fully saturated rings. The van der Waals surface area contributed by atoms with E-state index in [2.05, 4.69) is 42.8 Å². The second kappa shape index (κ2) is 9.63. The van der Waals surface area contributed by atoms with Crippen LogP contribution in [0, 0.1) is 0 Å². The monoisotopic (exact) mass is 452 g/mol. The van der Waals surface area contributed by atoms with Crippen LogP contribution in [0.4, 0.5) is 23.1 Å². The average molecular weight is 453 g/mol. The van der Waals surface area contributed by atoms with E-state index in [-0.39, 0.29) is 5.91 Å². The third-order valence-corrected chi connectivity index (χ3v) is 5.53. The predicted molar refractivity (Wildman–Crippen MR) is 134 cm³/mol. The molecule has 1 aliphatic heterocycles. The Kier molecular flexibility index (Phi) is 6.09. The molecule has 0 unspecified atom stereocenters. The Morgan fingerprint density at radius 1 is 1.09 bits per heavy atom. The van der Waals surface area contributed by atoms with Crippen molar-refractivity contribution < 1.29 is 4.79 Å². The summed E-state index contributed by atoms with van der Waals surface area (Å²) < 4.78 is 0. The molecule has 9 nitrogen and oxygen atoms in total. The van der Waals surface area contributed by atoms with Crippen LogP contribution < -0.4 is 21.3 Å². The number of fused-ring (bicyclic) bond motifs is 1. The van der Waals surface area contributed by atoms with Gasteiger partial charge in [0.05, 0.1) is 23.1 Å². The highest BCUT2D eigenvalue weighted by Crippen LogP contribution is 2.28. The lowest BCUT2D eigenvalue weighted by Crippen LogP contribution is -2.22. The molecule has 4 N–H and O–H groups in total. The van der Waals surface area contributed by atoms with E-state index in [0.29, 0.717) is 23.4 Å². The molecule has 0 spiro atoms. The molecule has 3 aromatic heterocycles. The van der Waals surface area contributed by atoms with Gasteiger partial charge >= 0.3 is 0 Å². The number of amides is 1. The number of benzene rings is 1. The minimum absolute atomic E-state index is 0.279. The summed E-state index contributed by atoms with van der Waals surface area (Å²) in [5, 5.41) is 13.6. The normalized spacial score (nSPS) is 15.1.